The van der Waals surface area contributed by atoms with Crippen molar-refractivity contribution in [2.75, 3.05) is 19.0 Å². The van der Waals surface area contributed by atoms with Gasteiger partial charge in [0, 0.05) is 25.7 Å². The highest BCUT2D eigenvalue weighted by Gasteiger charge is 2.32. The summed E-state index contributed by atoms with van der Waals surface area (Å²) >= 11 is 0. The van der Waals surface area contributed by atoms with Crippen LogP contribution in [-0.4, -0.2) is 30.2 Å². The largest absolute Gasteiger partial charge is 0.478 e. The molecule has 0 saturated heterocycles. The van der Waals surface area contributed by atoms with Gasteiger partial charge in [-0.3, -0.25) is 0 Å². The van der Waals surface area contributed by atoms with Gasteiger partial charge in [0.15, 0.2) is 0 Å². The fourth-order valence-electron chi connectivity index (χ4n) is 2.03. The second-order valence-corrected chi connectivity index (χ2v) is 5.29. The zero-order chi connectivity index (χ0) is 17.9. The lowest BCUT2D eigenvalue weighted by molar-refractivity contribution is -0.137. The molecule has 0 aliphatic carbocycles. The van der Waals surface area contributed by atoms with Crippen molar-refractivity contribution >= 4 is 17.9 Å². The predicted octanol–water partition coefficient (Wildman–Crippen LogP) is 3.93. The third kappa shape index (κ3) is 4.34. The smallest absolute Gasteiger partial charge is 0.416 e. The summed E-state index contributed by atoms with van der Waals surface area (Å²) in [5.41, 5.74) is 0.402. The zero-order valence-corrected chi connectivity index (χ0v) is 13.0. The standard InChI is InChI=1S/C17H15F3N2O2/c1-22(2)15-10-13(17(18,19)20)9-14(21-15)12-5-3-4-11(8-12)6-7-16(23)24/h3-10H,1-2H3,(H,23,24)/b7-6+. The summed E-state index contributed by atoms with van der Waals surface area (Å²) in [6.45, 7) is 0. The second-order valence-electron chi connectivity index (χ2n) is 5.29. The summed E-state index contributed by atoms with van der Waals surface area (Å²) in [6, 6.07) is 8.46. The van der Waals surface area contributed by atoms with Crippen LogP contribution in [0.3, 0.4) is 0 Å². The maximum absolute atomic E-state index is 13.1. The lowest BCUT2D eigenvalue weighted by atomic mass is 10.1. The number of aliphatic carboxylic acids is 1. The molecule has 1 aromatic carbocycles. The molecule has 0 spiro atoms. The van der Waals surface area contributed by atoms with E-state index in [9.17, 15) is 18.0 Å². The summed E-state index contributed by atoms with van der Waals surface area (Å²) in [4.78, 5) is 16.3. The average Bonchev–Trinajstić information content (AvgIpc) is 2.52. The van der Waals surface area contributed by atoms with Crippen molar-refractivity contribution in [3.63, 3.8) is 0 Å². The van der Waals surface area contributed by atoms with E-state index in [1.807, 2.05) is 0 Å². The van der Waals surface area contributed by atoms with Crippen molar-refractivity contribution in [3.05, 3.63) is 53.6 Å². The number of halogens is 3. The molecular formula is C17H15F3N2O2. The molecule has 24 heavy (non-hydrogen) atoms. The quantitative estimate of drug-likeness (QED) is 0.860. The Balaban J connectivity index is 2.53. The number of carboxylic acids is 1. The molecule has 0 aliphatic rings. The Morgan fingerprint density at radius 3 is 2.50 bits per heavy atom. The number of carboxylic acid groups (broad SMARTS) is 1. The average molecular weight is 336 g/mol. The van der Waals surface area contributed by atoms with Crippen LogP contribution in [0.25, 0.3) is 17.3 Å². The molecule has 0 bridgehead atoms. The lowest BCUT2D eigenvalue weighted by Gasteiger charge is -2.16. The molecule has 0 atom stereocenters. The Morgan fingerprint density at radius 2 is 1.92 bits per heavy atom. The van der Waals surface area contributed by atoms with E-state index in [4.69, 9.17) is 5.11 Å². The Hall–Kier alpha value is -2.83. The van der Waals surface area contributed by atoms with Crippen molar-refractivity contribution in [1.29, 1.82) is 0 Å². The minimum Gasteiger partial charge on any atom is -0.478 e. The number of anilines is 1. The third-order valence-corrected chi connectivity index (χ3v) is 3.20. The van der Waals surface area contributed by atoms with Gasteiger partial charge in [-0.2, -0.15) is 13.2 Å². The second kappa shape index (κ2) is 6.74. The fraction of sp³-hybridized carbons (Fsp3) is 0.176. The SMILES string of the molecule is CN(C)c1cc(C(F)(F)F)cc(-c2cccc(/C=C/C(=O)O)c2)n1. The predicted molar refractivity (Wildman–Crippen MR) is 85.7 cm³/mol. The van der Waals surface area contributed by atoms with E-state index >= 15 is 0 Å². The molecule has 0 aliphatic heterocycles. The number of alkyl halides is 3. The van der Waals surface area contributed by atoms with Crippen molar-refractivity contribution < 1.29 is 23.1 Å². The highest BCUT2D eigenvalue weighted by molar-refractivity contribution is 5.85. The first-order valence-electron chi connectivity index (χ1n) is 6.95. The molecular weight excluding hydrogens is 321 g/mol. The number of aromatic nitrogens is 1. The molecule has 0 unspecified atom stereocenters. The van der Waals surface area contributed by atoms with Gasteiger partial charge in [-0.05, 0) is 29.8 Å². The summed E-state index contributed by atoms with van der Waals surface area (Å²) in [5.74, 6) is -0.918. The van der Waals surface area contributed by atoms with Crippen LogP contribution in [0.1, 0.15) is 11.1 Å². The Labute approximate surface area is 136 Å². The number of benzene rings is 1. The van der Waals surface area contributed by atoms with Gasteiger partial charge in [-0.1, -0.05) is 18.2 Å². The first-order chi connectivity index (χ1) is 11.2. The molecule has 7 heteroatoms. The molecule has 126 valence electrons. The molecule has 1 heterocycles. The summed E-state index contributed by atoms with van der Waals surface area (Å²) < 4.78 is 39.3. The van der Waals surface area contributed by atoms with Crippen molar-refractivity contribution in [3.8, 4) is 11.3 Å². The molecule has 2 rings (SSSR count). The Morgan fingerprint density at radius 1 is 1.21 bits per heavy atom. The number of carbonyl (C=O) groups is 1. The minimum atomic E-state index is -4.48. The van der Waals surface area contributed by atoms with Crippen LogP contribution in [0.5, 0.6) is 0 Å². The molecule has 0 saturated carbocycles. The molecule has 0 amide bonds. The van der Waals surface area contributed by atoms with Crippen molar-refractivity contribution in [2.24, 2.45) is 0 Å². The number of pyridine rings is 1. The highest BCUT2D eigenvalue weighted by atomic mass is 19.4. The van der Waals surface area contributed by atoms with Gasteiger partial charge < -0.3 is 10.0 Å². The monoisotopic (exact) mass is 336 g/mol. The van der Waals surface area contributed by atoms with Crippen molar-refractivity contribution in [1.82, 2.24) is 4.98 Å². The number of rotatable bonds is 4. The van der Waals surface area contributed by atoms with Gasteiger partial charge in [0.2, 0.25) is 0 Å². The maximum atomic E-state index is 13.1. The molecule has 1 aromatic heterocycles. The van der Waals surface area contributed by atoms with E-state index in [2.05, 4.69) is 4.98 Å². The van der Waals surface area contributed by atoms with Gasteiger partial charge in [0.25, 0.3) is 0 Å². The van der Waals surface area contributed by atoms with E-state index in [1.165, 1.54) is 11.0 Å². The van der Waals surface area contributed by atoms with E-state index in [-0.39, 0.29) is 11.5 Å². The minimum absolute atomic E-state index is 0.166. The van der Waals surface area contributed by atoms with Gasteiger partial charge in [0.05, 0.1) is 11.3 Å². The molecule has 0 radical (unpaired) electrons. The number of nitrogens with zero attached hydrogens (tertiary/aromatic N) is 2. The summed E-state index contributed by atoms with van der Waals surface area (Å²) in [6.07, 6.45) is -2.15. The Bertz CT molecular complexity index is 784. The van der Waals surface area contributed by atoms with E-state index < -0.39 is 17.7 Å². The van der Waals surface area contributed by atoms with Gasteiger partial charge in [-0.15, -0.1) is 0 Å². The van der Waals surface area contributed by atoms with Gasteiger partial charge in [-0.25, -0.2) is 9.78 Å². The van der Waals surface area contributed by atoms with Crippen LogP contribution in [0.2, 0.25) is 0 Å². The first kappa shape index (κ1) is 17.5. The van der Waals surface area contributed by atoms with Crippen LogP contribution < -0.4 is 4.90 Å². The molecule has 2 aromatic rings. The van der Waals surface area contributed by atoms with Crippen LogP contribution >= 0.6 is 0 Å². The maximum Gasteiger partial charge on any atom is 0.416 e. The van der Waals surface area contributed by atoms with Crippen molar-refractivity contribution in [2.45, 2.75) is 6.18 Å². The van der Waals surface area contributed by atoms with Crippen LogP contribution in [0.4, 0.5) is 19.0 Å². The number of hydrogen-bond acceptors (Lipinski definition) is 3. The summed E-state index contributed by atoms with van der Waals surface area (Å²) in [7, 11) is 3.22. The Kier molecular flexibility index (Phi) is 4.92. The van der Waals surface area contributed by atoms with E-state index in [0.717, 1.165) is 18.2 Å². The van der Waals surface area contributed by atoms with E-state index in [0.29, 0.717) is 11.1 Å². The lowest BCUT2D eigenvalue weighted by Crippen LogP contribution is -2.14. The van der Waals surface area contributed by atoms with Gasteiger partial charge in [0.1, 0.15) is 5.82 Å². The molecule has 0 fully saturated rings. The number of hydrogen-bond donors (Lipinski definition) is 1. The normalized spacial score (nSPS) is 11.7. The van der Waals surface area contributed by atoms with Crippen LogP contribution in [-0.2, 0) is 11.0 Å². The van der Waals surface area contributed by atoms with Gasteiger partial charge >= 0.3 is 12.1 Å². The van der Waals surface area contributed by atoms with E-state index in [1.54, 1.807) is 38.4 Å². The summed E-state index contributed by atoms with van der Waals surface area (Å²) in [5, 5.41) is 8.65. The highest BCUT2D eigenvalue weighted by Crippen LogP contribution is 2.34. The zero-order valence-electron chi connectivity index (χ0n) is 13.0. The third-order valence-electron chi connectivity index (χ3n) is 3.20. The fourth-order valence-corrected chi connectivity index (χ4v) is 2.03. The van der Waals surface area contributed by atoms with Crippen LogP contribution in [0.15, 0.2) is 42.5 Å². The molecule has 1 N–H and O–H groups in total. The van der Waals surface area contributed by atoms with Crippen LogP contribution in [0, 0.1) is 0 Å². The topological polar surface area (TPSA) is 53.4 Å². The first-order valence-corrected chi connectivity index (χ1v) is 6.95. The molecule has 4 nitrogen and oxygen atoms in total.